The standard InChI is InChI=1S/C14H13NS2/c1-2-11-5-7-12(8-6-11)10-15-9-3-4-13(15)14(16)17/h2-9H,1,10H2,(H,16,17). The van der Waals surface area contributed by atoms with E-state index in [4.69, 9.17) is 12.2 Å². The zero-order valence-electron chi connectivity index (χ0n) is 9.34. The molecular weight excluding hydrogens is 246 g/mol. The summed E-state index contributed by atoms with van der Waals surface area (Å²) in [7, 11) is 0. The van der Waals surface area contributed by atoms with Gasteiger partial charge in [0, 0.05) is 12.7 Å². The van der Waals surface area contributed by atoms with Crippen LogP contribution in [0.1, 0.15) is 16.8 Å². The molecule has 0 N–H and O–H groups in total. The molecule has 0 aliphatic carbocycles. The first-order valence-electron chi connectivity index (χ1n) is 5.30. The average molecular weight is 259 g/mol. The van der Waals surface area contributed by atoms with Gasteiger partial charge in [-0.1, -0.05) is 49.1 Å². The second kappa shape index (κ2) is 5.34. The lowest BCUT2D eigenvalue weighted by atomic mass is 10.1. The minimum absolute atomic E-state index is 0.623. The molecule has 1 heterocycles. The lowest BCUT2D eigenvalue weighted by Crippen LogP contribution is -2.04. The van der Waals surface area contributed by atoms with Crippen LogP contribution in [0.15, 0.2) is 49.2 Å². The summed E-state index contributed by atoms with van der Waals surface area (Å²) >= 11 is 9.31. The summed E-state index contributed by atoms with van der Waals surface area (Å²) in [6.45, 7) is 4.55. The van der Waals surface area contributed by atoms with E-state index in [1.54, 1.807) is 0 Å². The van der Waals surface area contributed by atoms with Gasteiger partial charge in [-0.15, -0.1) is 12.6 Å². The monoisotopic (exact) mass is 259 g/mol. The molecule has 0 atom stereocenters. The molecule has 2 aromatic rings. The van der Waals surface area contributed by atoms with Gasteiger partial charge in [-0.25, -0.2) is 0 Å². The van der Waals surface area contributed by atoms with Crippen molar-refractivity contribution in [3.8, 4) is 0 Å². The highest BCUT2D eigenvalue weighted by molar-refractivity contribution is 8.11. The van der Waals surface area contributed by atoms with Crippen molar-refractivity contribution < 1.29 is 0 Å². The zero-order valence-corrected chi connectivity index (χ0v) is 11.0. The third-order valence-corrected chi connectivity index (χ3v) is 3.06. The number of benzene rings is 1. The van der Waals surface area contributed by atoms with E-state index in [2.05, 4.69) is 48.0 Å². The molecule has 0 radical (unpaired) electrons. The minimum atomic E-state index is 0.623. The van der Waals surface area contributed by atoms with Gasteiger partial charge < -0.3 is 4.57 Å². The molecule has 0 bridgehead atoms. The fraction of sp³-hybridized carbons (Fsp3) is 0.0714. The van der Waals surface area contributed by atoms with Crippen molar-refractivity contribution in [1.82, 2.24) is 4.57 Å². The predicted octanol–water partition coefficient (Wildman–Crippen LogP) is 3.78. The van der Waals surface area contributed by atoms with Crippen molar-refractivity contribution in [2.24, 2.45) is 0 Å². The SMILES string of the molecule is C=Cc1ccc(Cn2cccc2C(=S)S)cc1. The molecule has 3 heteroatoms. The van der Waals surface area contributed by atoms with Crippen LogP contribution in [0.5, 0.6) is 0 Å². The van der Waals surface area contributed by atoms with E-state index in [1.165, 1.54) is 5.56 Å². The summed E-state index contributed by atoms with van der Waals surface area (Å²) < 4.78 is 2.72. The topological polar surface area (TPSA) is 4.93 Å². The van der Waals surface area contributed by atoms with Gasteiger partial charge in [-0.2, -0.15) is 0 Å². The van der Waals surface area contributed by atoms with E-state index >= 15 is 0 Å². The fourth-order valence-corrected chi connectivity index (χ4v) is 2.09. The van der Waals surface area contributed by atoms with Crippen molar-refractivity contribution in [2.75, 3.05) is 0 Å². The normalized spacial score (nSPS) is 10.2. The zero-order chi connectivity index (χ0) is 12.3. The van der Waals surface area contributed by atoms with Gasteiger partial charge in [0.25, 0.3) is 0 Å². The summed E-state index contributed by atoms with van der Waals surface area (Å²) in [5.41, 5.74) is 3.35. The summed E-state index contributed by atoms with van der Waals surface area (Å²) in [4.78, 5) is 0. The second-order valence-electron chi connectivity index (χ2n) is 3.77. The van der Waals surface area contributed by atoms with E-state index in [-0.39, 0.29) is 0 Å². The van der Waals surface area contributed by atoms with Gasteiger partial charge in [0.2, 0.25) is 0 Å². The van der Waals surface area contributed by atoms with Crippen LogP contribution in [0.25, 0.3) is 6.08 Å². The molecule has 1 aromatic heterocycles. The number of nitrogens with zero attached hydrogens (tertiary/aromatic N) is 1. The minimum Gasteiger partial charge on any atom is -0.342 e. The van der Waals surface area contributed by atoms with Crippen LogP contribution in [0.2, 0.25) is 0 Å². The van der Waals surface area contributed by atoms with Gasteiger partial charge in [0.1, 0.15) is 0 Å². The molecule has 1 nitrogen and oxygen atoms in total. The third-order valence-electron chi connectivity index (χ3n) is 2.62. The highest BCUT2D eigenvalue weighted by Gasteiger charge is 2.03. The lowest BCUT2D eigenvalue weighted by molar-refractivity contribution is 0.801. The van der Waals surface area contributed by atoms with Gasteiger partial charge in [0.05, 0.1) is 9.89 Å². The average Bonchev–Trinajstić information content (AvgIpc) is 2.78. The Labute approximate surface area is 112 Å². The van der Waals surface area contributed by atoms with E-state index < -0.39 is 0 Å². The van der Waals surface area contributed by atoms with Gasteiger partial charge in [-0.05, 0) is 23.3 Å². The number of hydrogen-bond acceptors (Lipinski definition) is 1. The molecule has 0 aliphatic heterocycles. The number of aromatic nitrogens is 1. The first-order chi connectivity index (χ1) is 8.20. The molecule has 0 fully saturated rings. The number of rotatable bonds is 4. The fourth-order valence-electron chi connectivity index (χ4n) is 1.70. The Balaban J connectivity index is 2.22. The largest absolute Gasteiger partial charge is 0.342 e. The predicted molar refractivity (Wildman–Crippen MR) is 80.8 cm³/mol. The molecule has 0 unspecified atom stereocenters. The van der Waals surface area contributed by atoms with Crippen molar-refractivity contribution in [3.63, 3.8) is 0 Å². The molecule has 2 rings (SSSR count). The Kier molecular flexibility index (Phi) is 3.82. The van der Waals surface area contributed by atoms with Gasteiger partial charge in [-0.3, -0.25) is 0 Å². The smallest absolute Gasteiger partial charge is 0.0912 e. The van der Waals surface area contributed by atoms with Crippen molar-refractivity contribution >= 4 is 35.1 Å². The summed E-state index contributed by atoms with van der Waals surface area (Å²) in [5, 5.41) is 0. The number of thiocarbonyl (C=S) groups is 1. The molecule has 86 valence electrons. The Hall–Kier alpha value is -1.32. The van der Waals surface area contributed by atoms with Crippen molar-refractivity contribution in [3.05, 3.63) is 66.0 Å². The van der Waals surface area contributed by atoms with Crippen LogP contribution in [0, 0.1) is 0 Å². The molecule has 1 aromatic carbocycles. The maximum absolute atomic E-state index is 5.09. The summed E-state index contributed by atoms with van der Waals surface area (Å²) in [6, 6.07) is 12.3. The Morgan fingerprint density at radius 2 is 2.00 bits per heavy atom. The second-order valence-corrected chi connectivity index (χ2v) is 4.93. The van der Waals surface area contributed by atoms with Crippen LogP contribution in [0.4, 0.5) is 0 Å². The maximum Gasteiger partial charge on any atom is 0.0912 e. The molecule has 0 saturated heterocycles. The number of thiol groups is 1. The first-order valence-corrected chi connectivity index (χ1v) is 6.16. The Bertz CT molecular complexity index is 538. The number of hydrogen-bond donors (Lipinski definition) is 1. The first kappa shape index (κ1) is 12.1. The summed E-state index contributed by atoms with van der Waals surface area (Å²) in [6.07, 6.45) is 3.85. The van der Waals surface area contributed by atoms with Gasteiger partial charge in [0.15, 0.2) is 0 Å². The molecule has 0 saturated carbocycles. The molecular formula is C14H13NS2. The maximum atomic E-state index is 5.09. The molecule has 0 aliphatic rings. The van der Waals surface area contributed by atoms with E-state index in [0.717, 1.165) is 17.8 Å². The molecule has 0 spiro atoms. The van der Waals surface area contributed by atoms with E-state index in [9.17, 15) is 0 Å². The van der Waals surface area contributed by atoms with E-state index in [0.29, 0.717) is 4.20 Å². The van der Waals surface area contributed by atoms with Crippen molar-refractivity contribution in [1.29, 1.82) is 0 Å². The molecule has 17 heavy (non-hydrogen) atoms. The van der Waals surface area contributed by atoms with Crippen LogP contribution in [0.3, 0.4) is 0 Å². The van der Waals surface area contributed by atoms with Crippen LogP contribution >= 0.6 is 24.8 Å². The van der Waals surface area contributed by atoms with E-state index in [1.807, 2.05) is 24.4 Å². The van der Waals surface area contributed by atoms with Crippen LogP contribution < -0.4 is 0 Å². The van der Waals surface area contributed by atoms with Crippen molar-refractivity contribution in [2.45, 2.75) is 6.54 Å². The molecule has 0 amide bonds. The van der Waals surface area contributed by atoms with Crippen LogP contribution in [-0.2, 0) is 6.54 Å². The highest BCUT2D eigenvalue weighted by atomic mass is 32.1. The third kappa shape index (κ3) is 2.87. The Morgan fingerprint density at radius 1 is 1.29 bits per heavy atom. The Morgan fingerprint density at radius 3 is 2.59 bits per heavy atom. The lowest BCUT2D eigenvalue weighted by Gasteiger charge is -2.08. The van der Waals surface area contributed by atoms with Crippen LogP contribution in [-0.4, -0.2) is 8.76 Å². The van der Waals surface area contributed by atoms with Gasteiger partial charge >= 0.3 is 0 Å². The summed E-state index contributed by atoms with van der Waals surface area (Å²) in [5.74, 6) is 0. The quantitative estimate of drug-likeness (QED) is 0.647. The highest BCUT2D eigenvalue weighted by Crippen LogP contribution is 2.12.